The van der Waals surface area contributed by atoms with Crippen LogP contribution in [-0.2, 0) is 17.9 Å². The first kappa shape index (κ1) is 20.9. The van der Waals surface area contributed by atoms with E-state index in [1.165, 1.54) is 12.8 Å². The third kappa shape index (κ3) is 5.02. The summed E-state index contributed by atoms with van der Waals surface area (Å²) in [4.78, 5) is 4.11. The average Bonchev–Trinajstić information content (AvgIpc) is 3.45. The van der Waals surface area contributed by atoms with Gasteiger partial charge in [0.15, 0.2) is 11.0 Å². The molecule has 0 spiro atoms. The van der Waals surface area contributed by atoms with Crippen molar-refractivity contribution in [3.05, 3.63) is 54.4 Å². The van der Waals surface area contributed by atoms with Gasteiger partial charge in [0, 0.05) is 42.8 Å². The van der Waals surface area contributed by atoms with Crippen LogP contribution in [0.4, 0.5) is 0 Å². The Kier molecular flexibility index (Phi) is 6.69. The van der Waals surface area contributed by atoms with E-state index in [1.54, 1.807) is 31.3 Å². The maximum atomic E-state index is 6.14. The number of hydrogen-bond donors (Lipinski definition) is 0. The van der Waals surface area contributed by atoms with Gasteiger partial charge < -0.3 is 14.0 Å². The minimum atomic E-state index is 0.224. The smallest absolute Gasteiger partial charge is 0.191 e. The zero-order valence-electron chi connectivity index (χ0n) is 17.6. The lowest BCUT2D eigenvalue weighted by molar-refractivity contribution is 0.184. The van der Waals surface area contributed by atoms with Crippen molar-refractivity contribution in [2.75, 3.05) is 19.5 Å². The van der Waals surface area contributed by atoms with Crippen molar-refractivity contribution in [3.63, 3.8) is 0 Å². The van der Waals surface area contributed by atoms with E-state index in [2.05, 4.69) is 38.8 Å². The molecule has 4 rings (SSSR count). The van der Waals surface area contributed by atoms with Gasteiger partial charge in [-0.15, -0.1) is 10.2 Å². The quantitative estimate of drug-likeness (QED) is 0.410. The second-order valence-electron chi connectivity index (χ2n) is 7.85. The molecule has 158 valence electrons. The van der Waals surface area contributed by atoms with Gasteiger partial charge in [-0.1, -0.05) is 30.8 Å². The Morgan fingerprint density at radius 1 is 1.13 bits per heavy atom. The lowest BCUT2D eigenvalue weighted by Gasteiger charge is -2.16. The molecule has 6 nitrogen and oxygen atoms in total. The van der Waals surface area contributed by atoms with E-state index in [0.29, 0.717) is 6.61 Å². The molecule has 2 aromatic heterocycles. The topological polar surface area (TPSA) is 62.1 Å². The van der Waals surface area contributed by atoms with Crippen LogP contribution in [0.15, 0.2) is 53.9 Å². The van der Waals surface area contributed by atoms with E-state index in [0.717, 1.165) is 53.2 Å². The van der Waals surface area contributed by atoms with Crippen LogP contribution in [0.25, 0.3) is 11.4 Å². The molecule has 0 unspecified atom stereocenters. The molecule has 1 aliphatic rings. The number of thioether (sulfide) groups is 1. The Bertz CT molecular complexity index is 957. The maximum Gasteiger partial charge on any atom is 0.191 e. The summed E-state index contributed by atoms with van der Waals surface area (Å²) >= 11 is 1.79. The summed E-state index contributed by atoms with van der Waals surface area (Å²) in [7, 11) is 1.71. The van der Waals surface area contributed by atoms with Crippen LogP contribution in [0.2, 0.25) is 0 Å². The number of nitrogens with zero attached hydrogens (tertiary/aromatic N) is 4. The lowest BCUT2D eigenvalue weighted by Crippen LogP contribution is -2.16. The molecule has 0 bridgehead atoms. The second-order valence-corrected chi connectivity index (χ2v) is 8.79. The van der Waals surface area contributed by atoms with Crippen LogP contribution in [0.5, 0.6) is 5.75 Å². The fraction of sp³-hybridized carbons (Fsp3) is 0.435. The van der Waals surface area contributed by atoms with E-state index in [1.807, 2.05) is 24.3 Å². The SMILES string of the molecule is CCCn1c(SCC2(COc3cccc(COC)c3)CC2)nnc1-c1ccncc1. The minimum absolute atomic E-state index is 0.224. The Morgan fingerprint density at radius 3 is 2.70 bits per heavy atom. The molecule has 0 N–H and O–H groups in total. The summed E-state index contributed by atoms with van der Waals surface area (Å²) in [6, 6.07) is 12.1. The van der Waals surface area contributed by atoms with E-state index < -0.39 is 0 Å². The fourth-order valence-electron chi connectivity index (χ4n) is 3.39. The molecule has 0 saturated heterocycles. The van der Waals surface area contributed by atoms with Gasteiger partial charge >= 0.3 is 0 Å². The van der Waals surface area contributed by atoms with Crippen molar-refractivity contribution in [3.8, 4) is 17.1 Å². The van der Waals surface area contributed by atoms with Crippen molar-refractivity contribution >= 4 is 11.8 Å². The molecule has 30 heavy (non-hydrogen) atoms. The van der Waals surface area contributed by atoms with Crippen molar-refractivity contribution < 1.29 is 9.47 Å². The monoisotopic (exact) mass is 424 g/mol. The van der Waals surface area contributed by atoms with Crippen LogP contribution < -0.4 is 4.74 Å². The molecule has 1 aromatic carbocycles. The normalized spacial score (nSPS) is 14.6. The van der Waals surface area contributed by atoms with Crippen LogP contribution in [-0.4, -0.2) is 39.2 Å². The van der Waals surface area contributed by atoms with E-state index in [4.69, 9.17) is 9.47 Å². The van der Waals surface area contributed by atoms with E-state index in [9.17, 15) is 0 Å². The number of rotatable bonds is 11. The molecule has 1 saturated carbocycles. The second kappa shape index (κ2) is 9.62. The van der Waals surface area contributed by atoms with Crippen LogP contribution >= 0.6 is 11.8 Å². The number of methoxy groups -OCH3 is 1. The Balaban J connectivity index is 1.39. The number of benzene rings is 1. The van der Waals surface area contributed by atoms with Gasteiger partial charge in [-0.2, -0.15) is 0 Å². The van der Waals surface area contributed by atoms with Crippen LogP contribution in [0.3, 0.4) is 0 Å². The molecule has 0 radical (unpaired) electrons. The van der Waals surface area contributed by atoms with Crippen molar-refractivity contribution in [2.45, 2.75) is 44.5 Å². The Hall–Kier alpha value is -2.38. The molecule has 2 heterocycles. The molecule has 0 amide bonds. The predicted molar refractivity (Wildman–Crippen MR) is 119 cm³/mol. The Morgan fingerprint density at radius 2 is 1.97 bits per heavy atom. The molecule has 1 fully saturated rings. The first-order valence-electron chi connectivity index (χ1n) is 10.4. The lowest BCUT2D eigenvalue weighted by atomic mass is 10.1. The van der Waals surface area contributed by atoms with Gasteiger partial charge in [0.2, 0.25) is 0 Å². The summed E-state index contributed by atoms with van der Waals surface area (Å²) in [5.41, 5.74) is 2.41. The molecule has 0 atom stereocenters. The molecule has 1 aliphatic carbocycles. The summed E-state index contributed by atoms with van der Waals surface area (Å²) in [6.45, 7) is 4.42. The van der Waals surface area contributed by atoms with Gasteiger partial charge in [0.05, 0.1) is 13.2 Å². The van der Waals surface area contributed by atoms with E-state index in [-0.39, 0.29) is 5.41 Å². The van der Waals surface area contributed by atoms with Crippen molar-refractivity contribution in [1.82, 2.24) is 19.7 Å². The van der Waals surface area contributed by atoms with Crippen molar-refractivity contribution in [1.29, 1.82) is 0 Å². The molecule has 3 aromatic rings. The van der Waals surface area contributed by atoms with E-state index >= 15 is 0 Å². The highest BCUT2D eigenvalue weighted by atomic mass is 32.2. The number of hydrogen-bond acceptors (Lipinski definition) is 6. The minimum Gasteiger partial charge on any atom is -0.493 e. The molecule has 0 aliphatic heterocycles. The summed E-state index contributed by atoms with van der Waals surface area (Å²) in [5.74, 6) is 2.82. The van der Waals surface area contributed by atoms with Crippen LogP contribution in [0, 0.1) is 5.41 Å². The van der Waals surface area contributed by atoms with Gasteiger partial charge in [0.1, 0.15) is 5.75 Å². The van der Waals surface area contributed by atoms with Gasteiger partial charge in [-0.05, 0) is 49.1 Å². The van der Waals surface area contributed by atoms with Gasteiger partial charge in [-0.3, -0.25) is 4.98 Å². The molecule has 7 heteroatoms. The van der Waals surface area contributed by atoms with Gasteiger partial charge in [-0.25, -0.2) is 0 Å². The van der Waals surface area contributed by atoms with Crippen molar-refractivity contribution in [2.24, 2.45) is 5.41 Å². The highest BCUT2D eigenvalue weighted by Gasteiger charge is 2.44. The predicted octanol–water partition coefficient (Wildman–Crippen LogP) is 4.85. The standard InChI is InChI=1S/C23H28N4O2S/c1-3-13-27-21(19-7-11-24-12-8-19)25-26-22(27)30-17-23(9-10-23)16-29-20-6-4-5-18(14-20)15-28-2/h4-8,11-12,14H,3,9-10,13,15-17H2,1-2H3. The summed E-state index contributed by atoms with van der Waals surface area (Å²) in [5, 5.41) is 9.94. The van der Waals surface area contributed by atoms with Crippen LogP contribution in [0.1, 0.15) is 31.7 Å². The summed E-state index contributed by atoms with van der Waals surface area (Å²) < 4.78 is 13.6. The molecular weight excluding hydrogens is 396 g/mol. The summed E-state index contributed by atoms with van der Waals surface area (Å²) in [6.07, 6.45) is 7.01. The third-order valence-electron chi connectivity index (χ3n) is 5.32. The Labute approximate surface area is 182 Å². The first-order chi connectivity index (χ1) is 14.7. The number of aromatic nitrogens is 4. The largest absolute Gasteiger partial charge is 0.493 e. The first-order valence-corrected chi connectivity index (χ1v) is 11.4. The molecular formula is C23H28N4O2S. The highest BCUT2D eigenvalue weighted by molar-refractivity contribution is 7.99. The third-order valence-corrected chi connectivity index (χ3v) is 6.64. The number of pyridine rings is 1. The fourth-order valence-corrected chi connectivity index (χ4v) is 4.63. The zero-order chi connectivity index (χ0) is 20.8. The average molecular weight is 425 g/mol. The maximum absolute atomic E-state index is 6.14. The highest BCUT2D eigenvalue weighted by Crippen LogP contribution is 2.49. The van der Waals surface area contributed by atoms with Gasteiger partial charge in [0.25, 0.3) is 0 Å². The number of ether oxygens (including phenoxy) is 2. The zero-order valence-corrected chi connectivity index (χ0v) is 18.4.